The van der Waals surface area contributed by atoms with E-state index in [9.17, 15) is 4.39 Å². The van der Waals surface area contributed by atoms with Crippen molar-refractivity contribution in [3.63, 3.8) is 0 Å². The molecular formula is C12H18FN3O. The molecule has 3 N–H and O–H groups in total. The fourth-order valence-corrected chi connectivity index (χ4v) is 1.30. The van der Waals surface area contributed by atoms with E-state index in [1.807, 2.05) is 20.8 Å². The molecule has 1 rings (SSSR count). The van der Waals surface area contributed by atoms with Crippen molar-refractivity contribution in [2.75, 3.05) is 12.4 Å². The lowest BCUT2D eigenvalue weighted by atomic mass is 10.1. The maximum atomic E-state index is 13.0. The first-order valence-electron chi connectivity index (χ1n) is 5.28. The van der Waals surface area contributed by atoms with Crippen molar-refractivity contribution in [3.05, 3.63) is 24.0 Å². The number of methoxy groups -OCH3 is 1. The lowest BCUT2D eigenvalue weighted by molar-refractivity contribution is 0.413. The van der Waals surface area contributed by atoms with E-state index in [1.54, 1.807) is 6.07 Å². The summed E-state index contributed by atoms with van der Waals surface area (Å²) in [5.41, 5.74) is 6.05. The van der Waals surface area contributed by atoms with Crippen molar-refractivity contribution in [2.24, 2.45) is 10.7 Å². The largest absolute Gasteiger partial charge is 0.494 e. The van der Waals surface area contributed by atoms with Crippen LogP contribution in [0.1, 0.15) is 20.8 Å². The number of nitrogens with one attached hydrogen (secondary N) is 1. The molecule has 0 aliphatic rings. The van der Waals surface area contributed by atoms with Crippen molar-refractivity contribution in [2.45, 2.75) is 26.3 Å². The van der Waals surface area contributed by atoms with E-state index in [2.05, 4.69) is 10.3 Å². The second-order valence-electron chi connectivity index (χ2n) is 4.64. The Kier molecular flexibility index (Phi) is 3.93. The molecule has 0 aliphatic carbocycles. The van der Waals surface area contributed by atoms with E-state index in [0.29, 0.717) is 11.4 Å². The Hall–Kier alpha value is -1.78. The molecule has 0 radical (unpaired) electrons. The van der Waals surface area contributed by atoms with Crippen molar-refractivity contribution >= 4 is 11.6 Å². The number of nitrogens with two attached hydrogens (primary N) is 1. The lowest BCUT2D eigenvalue weighted by Crippen LogP contribution is -2.27. The summed E-state index contributed by atoms with van der Waals surface area (Å²) in [6.45, 7) is 5.80. The number of ether oxygens (including phenoxy) is 1. The van der Waals surface area contributed by atoms with E-state index in [0.717, 1.165) is 0 Å². The van der Waals surface area contributed by atoms with Crippen LogP contribution in [-0.4, -0.2) is 18.6 Å². The fraction of sp³-hybridized carbons (Fsp3) is 0.417. The molecule has 0 bridgehead atoms. The number of rotatable bonds is 2. The molecule has 0 aromatic heterocycles. The number of hydrogen-bond acceptors (Lipinski definition) is 2. The van der Waals surface area contributed by atoms with E-state index >= 15 is 0 Å². The third-order valence-electron chi connectivity index (χ3n) is 1.88. The minimum absolute atomic E-state index is 0.266. The number of hydrogen-bond donors (Lipinski definition) is 2. The normalized spacial score (nSPS) is 12.4. The summed E-state index contributed by atoms with van der Waals surface area (Å²) in [7, 11) is 1.47. The molecule has 0 saturated heterocycles. The van der Waals surface area contributed by atoms with Gasteiger partial charge in [0.15, 0.2) is 5.96 Å². The topological polar surface area (TPSA) is 59.6 Å². The first-order valence-corrected chi connectivity index (χ1v) is 5.28. The van der Waals surface area contributed by atoms with Crippen LogP contribution in [0.2, 0.25) is 0 Å². The standard InChI is InChI=1S/C12H18FN3O/c1-12(2,3)16-11(14)15-9-6-5-8(13)7-10(9)17-4/h5-7H,1-4H3,(H3,14,15,16). The highest BCUT2D eigenvalue weighted by molar-refractivity contribution is 5.93. The summed E-state index contributed by atoms with van der Waals surface area (Å²) >= 11 is 0. The van der Waals surface area contributed by atoms with Gasteiger partial charge in [-0.25, -0.2) is 9.38 Å². The summed E-state index contributed by atoms with van der Waals surface area (Å²) in [4.78, 5) is 4.24. The molecule has 0 saturated carbocycles. The van der Waals surface area contributed by atoms with Crippen LogP contribution in [0.5, 0.6) is 5.75 Å². The van der Waals surface area contributed by atoms with Gasteiger partial charge in [-0.1, -0.05) is 0 Å². The zero-order valence-electron chi connectivity index (χ0n) is 10.5. The van der Waals surface area contributed by atoms with Gasteiger partial charge in [0.1, 0.15) is 11.6 Å². The molecule has 0 aliphatic heterocycles. The third kappa shape index (κ3) is 4.30. The average molecular weight is 239 g/mol. The first kappa shape index (κ1) is 13.3. The van der Waals surface area contributed by atoms with Crippen LogP contribution in [0.4, 0.5) is 10.1 Å². The number of benzene rings is 1. The summed E-state index contributed by atoms with van der Waals surface area (Å²) < 4.78 is 18.0. The van der Waals surface area contributed by atoms with Gasteiger partial charge in [0, 0.05) is 6.07 Å². The molecule has 5 heteroatoms. The number of anilines is 1. The van der Waals surface area contributed by atoms with Gasteiger partial charge in [-0.2, -0.15) is 0 Å². The highest BCUT2D eigenvalue weighted by atomic mass is 19.1. The van der Waals surface area contributed by atoms with Gasteiger partial charge < -0.3 is 15.8 Å². The summed E-state index contributed by atoms with van der Waals surface area (Å²) in [5.74, 6) is 0.290. The summed E-state index contributed by atoms with van der Waals surface area (Å²) in [5, 5.41) is 2.88. The maximum absolute atomic E-state index is 13.0. The molecule has 17 heavy (non-hydrogen) atoms. The van der Waals surface area contributed by atoms with Crippen molar-refractivity contribution in [3.8, 4) is 5.75 Å². The van der Waals surface area contributed by atoms with Gasteiger partial charge in [-0.15, -0.1) is 0 Å². The molecule has 0 spiro atoms. The molecule has 4 nitrogen and oxygen atoms in total. The Labute approximate surface area is 101 Å². The zero-order valence-corrected chi connectivity index (χ0v) is 10.5. The lowest BCUT2D eigenvalue weighted by Gasteiger charge is -2.15. The van der Waals surface area contributed by atoms with E-state index in [-0.39, 0.29) is 17.3 Å². The van der Waals surface area contributed by atoms with Crippen molar-refractivity contribution in [1.29, 1.82) is 0 Å². The maximum Gasteiger partial charge on any atom is 0.193 e. The highest BCUT2D eigenvalue weighted by Gasteiger charge is 2.10. The molecular weight excluding hydrogens is 221 g/mol. The quantitative estimate of drug-likeness (QED) is 0.615. The first-order chi connectivity index (χ1) is 7.81. The molecule has 1 aromatic rings. The van der Waals surface area contributed by atoms with Crippen LogP contribution < -0.4 is 15.8 Å². The molecule has 0 amide bonds. The smallest absolute Gasteiger partial charge is 0.193 e. The third-order valence-corrected chi connectivity index (χ3v) is 1.88. The Morgan fingerprint density at radius 2 is 2.06 bits per heavy atom. The molecule has 0 fully saturated rings. The summed E-state index contributed by atoms with van der Waals surface area (Å²) in [6.07, 6.45) is 0. The van der Waals surface area contributed by atoms with Crippen LogP contribution in [-0.2, 0) is 0 Å². The minimum Gasteiger partial charge on any atom is -0.494 e. The molecule has 1 aromatic carbocycles. The predicted molar refractivity (Wildman–Crippen MR) is 68.0 cm³/mol. The van der Waals surface area contributed by atoms with Crippen LogP contribution >= 0.6 is 0 Å². The monoisotopic (exact) mass is 239 g/mol. The Bertz CT molecular complexity index is 424. The van der Waals surface area contributed by atoms with Crippen LogP contribution in [0.3, 0.4) is 0 Å². The predicted octanol–water partition coefficient (Wildman–Crippen LogP) is 2.36. The second kappa shape index (κ2) is 5.03. The highest BCUT2D eigenvalue weighted by Crippen LogP contribution is 2.24. The van der Waals surface area contributed by atoms with Gasteiger partial charge in [0.2, 0.25) is 0 Å². The van der Waals surface area contributed by atoms with Gasteiger partial charge >= 0.3 is 0 Å². The SMILES string of the molecule is COc1cc(F)ccc1NC(N)=NC(C)(C)C. The zero-order chi connectivity index (χ0) is 13.1. The number of guanidine groups is 1. The Morgan fingerprint density at radius 1 is 1.41 bits per heavy atom. The molecule has 0 heterocycles. The van der Waals surface area contributed by atoms with Crippen molar-refractivity contribution < 1.29 is 9.13 Å². The number of halogens is 1. The van der Waals surface area contributed by atoms with Crippen LogP contribution in [0, 0.1) is 5.82 Å². The second-order valence-corrected chi connectivity index (χ2v) is 4.64. The fourth-order valence-electron chi connectivity index (χ4n) is 1.30. The van der Waals surface area contributed by atoms with Gasteiger partial charge in [0.05, 0.1) is 18.3 Å². The van der Waals surface area contributed by atoms with E-state index in [1.165, 1.54) is 19.2 Å². The van der Waals surface area contributed by atoms with E-state index in [4.69, 9.17) is 10.5 Å². The van der Waals surface area contributed by atoms with Gasteiger partial charge in [-0.3, -0.25) is 0 Å². The van der Waals surface area contributed by atoms with Gasteiger partial charge in [-0.05, 0) is 32.9 Å². The van der Waals surface area contributed by atoms with E-state index < -0.39 is 0 Å². The summed E-state index contributed by atoms with van der Waals surface area (Å²) in [6, 6.07) is 4.17. The average Bonchev–Trinajstić information content (AvgIpc) is 2.17. The number of nitrogens with zero attached hydrogens (tertiary/aromatic N) is 1. The van der Waals surface area contributed by atoms with Crippen LogP contribution in [0.25, 0.3) is 0 Å². The van der Waals surface area contributed by atoms with Gasteiger partial charge in [0.25, 0.3) is 0 Å². The Morgan fingerprint density at radius 3 is 2.59 bits per heavy atom. The minimum atomic E-state index is -0.362. The van der Waals surface area contributed by atoms with Crippen molar-refractivity contribution in [1.82, 2.24) is 0 Å². The van der Waals surface area contributed by atoms with Crippen LogP contribution in [0.15, 0.2) is 23.2 Å². The Balaban J connectivity index is 2.92. The molecule has 0 atom stereocenters. The number of aliphatic imine (C=N–C) groups is 1. The molecule has 0 unspecified atom stereocenters. The molecule has 94 valence electrons.